The maximum absolute atomic E-state index is 12.7. The number of fused-ring (bicyclic) bond motifs is 1. The molecule has 1 aliphatic carbocycles. The minimum Gasteiger partial charge on any atom is -0.392 e. The smallest absolute Gasteiger partial charge is 0.240 e. The number of carbonyl (C=O) groups excluding carboxylic acids is 1. The number of aliphatic hydroxyl groups excluding tert-OH is 2. The molecule has 8 heteroatoms. The molecule has 0 amide bonds. The van der Waals surface area contributed by atoms with Gasteiger partial charge in [-0.15, -0.1) is 0 Å². The first-order valence-corrected chi connectivity index (χ1v) is 14.2. The molecule has 0 saturated heterocycles. The molecule has 7 nitrogen and oxygen atoms in total. The Morgan fingerprint density at radius 1 is 1.03 bits per heavy atom. The highest BCUT2D eigenvalue weighted by Crippen LogP contribution is 2.33. The van der Waals surface area contributed by atoms with Crippen LogP contribution in [0.5, 0.6) is 0 Å². The van der Waals surface area contributed by atoms with E-state index in [1.54, 1.807) is 0 Å². The summed E-state index contributed by atoms with van der Waals surface area (Å²) in [7, 11) is -3.86. The summed E-state index contributed by atoms with van der Waals surface area (Å²) in [5.74, 6) is -0.365. The molecule has 3 aromatic rings. The van der Waals surface area contributed by atoms with E-state index in [1.165, 1.54) is 31.2 Å². The molecule has 3 aromatic carbocycles. The number of sulfonamides is 1. The molecule has 0 spiro atoms. The Bertz CT molecular complexity index is 1370. The van der Waals surface area contributed by atoms with Crippen LogP contribution in [0.4, 0.5) is 0 Å². The SMILES string of the molecule is C=C(N[C@H]1c2ccccc2C[C@H]1O)[C@H](Cc1ccccc1)C[C@H](O)CNS(=O)(=O)c1ccc(C(C)=O)cc1. The maximum atomic E-state index is 12.7. The van der Waals surface area contributed by atoms with E-state index in [-0.39, 0.29) is 35.6 Å². The second-order valence-electron chi connectivity index (χ2n) is 9.83. The lowest BCUT2D eigenvalue weighted by atomic mass is 9.90. The molecule has 0 heterocycles. The van der Waals surface area contributed by atoms with E-state index in [2.05, 4.69) is 16.6 Å². The number of benzene rings is 3. The van der Waals surface area contributed by atoms with Gasteiger partial charge in [-0.25, -0.2) is 13.1 Å². The number of nitrogens with one attached hydrogen (secondary N) is 2. The van der Waals surface area contributed by atoms with Crippen molar-refractivity contribution >= 4 is 15.8 Å². The zero-order valence-corrected chi connectivity index (χ0v) is 22.2. The van der Waals surface area contributed by atoms with E-state index in [4.69, 9.17) is 0 Å². The van der Waals surface area contributed by atoms with Gasteiger partial charge in [-0.1, -0.05) is 73.3 Å². The second-order valence-corrected chi connectivity index (χ2v) is 11.6. The fraction of sp³-hybridized carbons (Fsp3) is 0.300. The number of rotatable bonds is 12. The monoisotopic (exact) mass is 534 g/mol. The van der Waals surface area contributed by atoms with Crippen molar-refractivity contribution in [1.82, 2.24) is 10.0 Å². The highest BCUT2D eigenvalue weighted by molar-refractivity contribution is 7.89. The number of allylic oxidation sites excluding steroid dienone is 1. The van der Waals surface area contributed by atoms with E-state index in [0.29, 0.717) is 24.1 Å². The highest BCUT2D eigenvalue weighted by Gasteiger charge is 2.32. The molecule has 0 aliphatic heterocycles. The van der Waals surface area contributed by atoms with Crippen molar-refractivity contribution in [1.29, 1.82) is 0 Å². The Kier molecular flexibility index (Phi) is 8.79. The Balaban J connectivity index is 1.44. The zero-order valence-electron chi connectivity index (χ0n) is 21.4. The first kappa shape index (κ1) is 27.7. The number of hydrogen-bond acceptors (Lipinski definition) is 6. The first-order chi connectivity index (χ1) is 18.1. The minimum absolute atomic E-state index is 0.0236. The van der Waals surface area contributed by atoms with Crippen LogP contribution in [0.2, 0.25) is 0 Å². The van der Waals surface area contributed by atoms with Gasteiger partial charge in [-0.05, 0) is 48.6 Å². The van der Waals surface area contributed by atoms with Crippen molar-refractivity contribution in [2.75, 3.05) is 6.54 Å². The number of carbonyl (C=O) groups is 1. The van der Waals surface area contributed by atoms with Gasteiger partial charge in [0.25, 0.3) is 0 Å². The lowest BCUT2D eigenvalue weighted by Crippen LogP contribution is -2.36. The fourth-order valence-electron chi connectivity index (χ4n) is 4.88. The molecular formula is C30H34N2O5S. The van der Waals surface area contributed by atoms with Gasteiger partial charge in [0.2, 0.25) is 10.0 Å². The van der Waals surface area contributed by atoms with Gasteiger partial charge < -0.3 is 15.5 Å². The highest BCUT2D eigenvalue weighted by atomic mass is 32.2. The molecule has 200 valence electrons. The number of Topliss-reactive ketones (excluding diaryl/α,β-unsaturated/α-hetero) is 1. The van der Waals surface area contributed by atoms with E-state index >= 15 is 0 Å². The average Bonchev–Trinajstić information content (AvgIpc) is 3.22. The van der Waals surface area contributed by atoms with Gasteiger partial charge in [0, 0.05) is 30.1 Å². The number of aliphatic hydroxyl groups is 2. The Hall–Kier alpha value is -3.30. The van der Waals surface area contributed by atoms with Gasteiger partial charge in [0.05, 0.1) is 23.1 Å². The van der Waals surface area contributed by atoms with Crippen LogP contribution in [0.15, 0.2) is 96.0 Å². The van der Waals surface area contributed by atoms with Crippen LogP contribution in [0.1, 0.15) is 46.4 Å². The van der Waals surface area contributed by atoms with E-state index in [1.807, 2.05) is 54.6 Å². The third kappa shape index (κ3) is 6.76. The fourth-order valence-corrected chi connectivity index (χ4v) is 5.96. The zero-order chi connectivity index (χ0) is 27.3. The van der Waals surface area contributed by atoms with Crippen LogP contribution in [-0.2, 0) is 22.9 Å². The predicted octanol–water partition coefficient (Wildman–Crippen LogP) is 3.54. The number of ketones is 1. The second kappa shape index (κ2) is 12.0. The van der Waals surface area contributed by atoms with Crippen molar-refractivity contribution in [3.8, 4) is 0 Å². The van der Waals surface area contributed by atoms with Crippen molar-refractivity contribution in [2.24, 2.45) is 5.92 Å². The molecule has 0 radical (unpaired) electrons. The molecular weight excluding hydrogens is 500 g/mol. The minimum atomic E-state index is -3.86. The summed E-state index contributed by atoms with van der Waals surface area (Å²) in [6, 6.07) is 23.1. The lowest BCUT2D eigenvalue weighted by Gasteiger charge is -2.28. The summed E-state index contributed by atoms with van der Waals surface area (Å²) in [5.41, 5.74) is 4.29. The van der Waals surface area contributed by atoms with Crippen LogP contribution in [0, 0.1) is 5.92 Å². The standard InChI is InChI=1S/C30H34N2O5S/c1-20(32-30-28-11-7-6-10-24(28)18-29(30)35)25(16-22-8-4-3-5-9-22)17-26(34)19-31-38(36,37)27-14-12-23(13-15-27)21(2)33/h3-15,25-26,29-32,34-35H,1,16-19H2,2H3/t25-,26+,29-,30+/m1/s1. The van der Waals surface area contributed by atoms with Crippen LogP contribution < -0.4 is 10.0 Å². The van der Waals surface area contributed by atoms with E-state index in [9.17, 15) is 23.4 Å². The maximum Gasteiger partial charge on any atom is 0.240 e. The molecule has 4 atom stereocenters. The Morgan fingerprint density at radius 3 is 2.37 bits per heavy atom. The summed E-state index contributed by atoms with van der Waals surface area (Å²) in [6.07, 6.45) is -0.158. The predicted molar refractivity (Wildman–Crippen MR) is 147 cm³/mol. The van der Waals surface area contributed by atoms with Crippen LogP contribution in [0.25, 0.3) is 0 Å². The Labute approximate surface area is 224 Å². The van der Waals surface area contributed by atoms with Gasteiger partial charge in [-0.3, -0.25) is 4.79 Å². The molecule has 4 rings (SSSR count). The summed E-state index contributed by atoms with van der Waals surface area (Å²) in [4.78, 5) is 11.5. The summed E-state index contributed by atoms with van der Waals surface area (Å²) in [5, 5.41) is 24.9. The average molecular weight is 535 g/mol. The molecule has 0 unspecified atom stereocenters. The summed E-state index contributed by atoms with van der Waals surface area (Å²) >= 11 is 0. The molecule has 0 bridgehead atoms. The van der Waals surface area contributed by atoms with Crippen LogP contribution >= 0.6 is 0 Å². The Morgan fingerprint density at radius 2 is 1.68 bits per heavy atom. The number of hydrogen-bond donors (Lipinski definition) is 4. The molecule has 0 aromatic heterocycles. The van der Waals surface area contributed by atoms with Crippen LogP contribution in [0.3, 0.4) is 0 Å². The normalized spacial score (nSPS) is 18.4. The first-order valence-electron chi connectivity index (χ1n) is 12.7. The molecule has 4 N–H and O–H groups in total. The third-order valence-corrected chi connectivity index (χ3v) is 8.44. The van der Waals surface area contributed by atoms with Crippen molar-refractivity contribution in [3.05, 3.63) is 113 Å². The van der Waals surface area contributed by atoms with E-state index in [0.717, 1.165) is 16.7 Å². The molecule has 0 saturated carbocycles. The van der Waals surface area contributed by atoms with Gasteiger partial charge in [0.15, 0.2) is 5.78 Å². The topological polar surface area (TPSA) is 116 Å². The van der Waals surface area contributed by atoms with Gasteiger partial charge in [-0.2, -0.15) is 0 Å². The van der Waals surface area contributed by atoms with Gasteiger partial charge in [0.1, 0.15) is 0 Å². The summed E-state index contributed by atoms with van der Waals surface area (Å²) < 4.78 is 28.0. The van der Waals surface area contributed by atoms with Crippen LogP contribution in [-0.4, -0.2) is 43.2 Å². The lowest BCUT2D eigenvalue weighted by molar-refractivity contribution is 0.101. The van der Waals surface area contributed by atoms with Gasteiger partial charge >= 0.3 is 0 Å². The largest absolute Gasteiger partial charge is 0.392 e. The van der Waals surface area contributed by atoms with E-state index < -0.39 is 22.2 Å². The van der Waals surface area contributed by atoms with Crippen molar-refractivity contribution in [3.63, 3.8) is 0 Å². The van der Waals surface area contributed by atoms with Crippen molar-refractivity contribution in [2.45, 2.75) is 49.3 Å². The summed E-state index contributed by atoms with van der Waals surface area (Å²) in [6.45, 7) is 5.49. The molecule has 38 heavy (non-hydrogen) atoms. The molecule has 0 fully saturated rings. The third-order valence-electron chi connectivity index (χ3n) is 7.00. The quantitative estimate of drug-likeness (QED) is 0.264. The molecule has 1 aliphatic rings. The van der Waals surface area contributed by atoms with Crippen molar-refractivity contribution < 1.29 is 23.4 Å².